The van der Waals surface area contributed by atoms with E-state index in [0.29, 0.717) is 36.1 Å². The van der Waals surface area contributed by atoms with Crippen molar-refractivity contribution in [3.63, 3.8) is 0 Å². The number of benzene rings is 1. The van der Waals surface area contributed by atoms with E-state index in [1.807, 2.05) is 38.0 Å². The van der Waals surface area contributed by atoms with E-state index in [4.69, 9.17) is 16.0 Å². The van der Waals surface area contributed by atoms with Crippen molar-refractivity contribution in [3.05, 3.63) is 52.7 Å². The van der Waals surface area contributed by atoms with E-state index in [2.05, 4.69) is 10.3 Å². The van der Waals surface area contributed by atoms with Crippen LogP contribution in [0.25, 0.3) is 0 Å². The number of aromatic nitrogens is 1. The van der Waals surface area contributed by atoms with Gasteiger partial charge in [-0.05, 0) is 40.3 Å². The molecule has 0 bridgehead atoms. The molecule has 1 N–H and O–H groups in total. The van der Waals surface area contributed by atoms with Crippen molar-refractivity contribution in [3.8, 4) is 0 Å². The summed E-state index contributed by atoms with van der Waals surface area (Å²) in [6, 6.07) is 6.91. The predicted octanol–water partition coefficient (Wildman–Crippen LogP) is 1.82. The van der Waals surface area contributed by atoms with Gasteiger partial charge in [0.15, 0.2) is 5.69 Å². The van der Waals surface area contributed by atoms with Gasteiger partial charge in [0.05, 0.1) is 17.1 Å². The van der Waals surface area contributed by atoms with Crippen LogP contribution >= 0.6 is 11.6 Å². The Hall–Kier alpha value is -2.42. The maximum atomic E-state index is 13.0. The Morgan fingerprint density at radius 2 is 1.76 bits per heavy atom. The molecule has 0 aliphatic carbocycles. The van der Waals surface area contributed by atoms with Crippen LogP contribution < -0.4 is 5.32 Å². The van der Waals surface area contributed by atoms with Crippen LogP contribution in [0.2, 0.25) is 5.02 Å². The first-order valence-corrected chi connectivity index (χ1v) is 9.71. The molecule has 2 aromatic rings. The number of rotatable bonds is 10. The minimum absolute atomic E-state index is 0.142. The Morgan fingerprint density at radius 3 is 2.41 bits per heavy atom. The number of hydrogen-bond acceptors (Lipinski definition) is 6. The molecule has 1 heterocycles. The van der Waals surface area contributed by atoms with Gasteiger partial charge in [-0.1, -0.05) is 23.7 Å². The summed E-state index contributed by atoms with van der Waals surface area (Å²) in [5.41, 5.74) is 0.609. The van der Waals surface area contributed by atoms with Gasteiger partial charge in [-0.3, -0.25) is 9.59 Å². The molecule has 2 rings (SSSR count). The number of nitrogens with zero attached hydrogens (tertiary/aromatic N) is 4. The smallest absolute Gasteiger partial charge is 0.273 e. The first-order valence-electron chi connectivity index (χ1n) is 9.33. The summed E-state index contributed by atoms with van der Waals surface area (Å²) in [5, 5.41) is 3.17. The van der Waals surface area contributed by atoms with Gasteiger partial charge < -0.3 is 24.4 Å². The quantitative estimate of drug-likeness (QED) is 0.630. The molecule has 1 aromatic heterocycles. The summed E-state index contributed by atoms with van der Waals surface area (Å²) in [4.78, 5) is 35.0. The van der Waals surface area contributed by atoms with E-state index in [0.717, 1.165) is 6.54 Å². The lowest BCUT2D eigenvalue weighted by Gasteiger charge is -2.23. The van der Waals surface area contributed by atoms with E-state index >= 15 is 0 Å². The highest BCUT2D eigenvalue weighted by Gasteiger charge is 2.21. The summed E-state index contributed by atoms with van der Waals surface area (Å²) >= 11 is 6.19. The van der Waals surface area contributed by atoms with Crippen molar-refractivity contribution < 1.29 is 14.0 Å². The van der Waals surface area contributed by atoms with Crippen molar-refractivity contribution in [2.45, 2.75) is 6.54 Å². The molecule has 0 saturated heterocycles. The average molecular weight is 422 g/mol. The highest BCUT2D eigenvalue weighted by molar-refractivity contribution is 6.33. The standard InChI is InChI=1S/C20H28ClN5O3/c1-24(2)10-9-22-19(27)17-14-29-18(23-17)13-26(12-11-25(3)4)20(28)15-7-5-6-8-16(15)21/h5-8,14H,9-13H2,1-4H3,(H,22,27). The highest BCUT2D eigenvalue weighted by Crippen LogP contribution is 2.18. The Morgan fingerprint density at radius 1 is 1.07 bits per heavy atom. The van der Waals surface area contributed by atoms with Gasteiger partial charge in [-0.25, -0.2) is 4.98 Å². The highest BCUT2D eigenvalue weighted by atomic mass is 35.5. The van der Waals surface area contributed by atoms with Crippen LogP contribution in [0.15, 0.2) is 34.9 Å². The van der Waals surface area contributed by atoms with Crippen LogP contribution in [-0.2, 0) is 6.54 Å². The lowest BCUT2D eigenvalue weighted by molar-refractivity contribution is 0.0716. The Balaban J connectivity index is 2.09. The molecule has 0 aliphatic heterocycles. The normalized spacial score (nSPS) is 11.1. The lowest BCUT2D eigenvalue weighted by Crippen LogP contribution is -2.36. The molecular formula is C20H28ClN5O3. The molecular weight excluding hydrogens is 394 g/mol. The summed E-state index contributed by atoms with van der Waals surface area (Å²) in [6.45, 7) is 2.50. The zero-order valence-electron chi connectivity index (χ0n) is 17.3. The molecule has 0 radical (unpaired) electrons. The largest absolute Gasteiger partial charge is 0.446 e. The lowest BCUT2D eigenvalue weighted by atomic mass is 10.2. The third-order valence-electron chi connectivity index (χ3n) is 4.16. The molecule has 0 spiro atoms. The van der Waals surface area contributed by atoms with Crippen LogP contribution in [-0.4, -0.2) is 85.9 Å². The van der Waals surface area contributed by atoms with Crippen LogP contribution in [0.1, 0.15) is 26.7 Å². The molecule has 9 heteroatoms. The minimum Gasteiger partial charge on any atom is -0.446 e. The molecule has 0 atom stereocenters. The summed E-state index contributed by atoms with van der Waals surface area (Å²) in [6.07, 6.45) is 1.31. The molecule has 8 nitrogen and oxygen atoms in total. The van der Waals surface area contributed by atoms with Gasteiger partial charge in [-0.15, -0.1) is 0 Å². The number of carbonyl (C=O) groups is 2. The summed E-state index contributed by atoms with van der Waals surface area (Å²) in [7, 11) is 7.72. The van der Waals surface area contributed by atoms with Crippen molar-refractivity contribution in [1.82, 2.24) is 25.0 Å². The zero-order valence-corrected chi connectivity index (χ0v) is 18.1. The van der Waals surface area contributed by atoms with Gasteiger partial charge in [0.2, 0.25) is 5.89 Å². The van der Waals surface area contributed by atoms with Crippen LogP contribution in [0.4, 0.5) is 0 Å². The first kappa shape index (κ1) is 22.9. The Bertz CT molecular complexity index is 822. The molecule has 1 aromatic carbocycles. The maximum Gasteiger partial charge on any atom is 0.273 e. The number of likely N-dealkylation sites (N-methyl/N-ethyl adjacent to an activating group) is 2. The fourth-order valence-electron chi connectivity index (χ4n) is 2.51. The van der Waals surface area contributed by atoms with E-state index < -0.39 is 0 Å². The Kier molecular flexibility index (Phi) is 8.63. The van der Waals surface area contributed by atoms with Crippen molar-refractivity contribution >= 4 is 23.4 Å². The minimum atomic E-state index is -0.306. The SMILES string of the molecule is CN(C)CCNC(=O)c1coc(CN(CCN(C)C)C(=O)c2ccccc2Cl)n1. The van der Waals surface area contributed by atoms with Gasteiger partial charge >= 0.3 is 0 Å². The molecule has 158 valence electrons. The Labute approximate surface area is 176 Å². The predicted molar refractivity (Wildman–Crippen MR) is 112 cm³/mol. The van der Waals surface area contributed by atoms with Crippen molar-refractivity contribution in [2.75, 3.05) is 54.4 Å². The third-order valence-corrected chi connectivity index (χ3v) is 4.49. The first-order chi connectivity index (χ1) is 13.8. The molecule has 0 aliphatic rings. The summed E-state index contributed by atoms with van der Waals surface area (Å²) in [5.74, 6) is -0.228. The zero-order chi connectivity index (χ0) is 21.4. The fourth-order valence-corrected chi connectivity index (χ4v) is 2.73. The summed E-state index contributed by atoms with van der Waals surface area (Å²) < 4.78 is 5.44. The molecule has 2 amide bonds. The maximum absolute atomic E-state index is 13.0. The van der Waals surface area contributed by atoms with E-state index in [-0.39, 0.29) is 24.1 Å². The topological polar surface area (TPSA) is 81.9 Å². The van der Waals surface area contributed by atoms with E-state index in [9.17, 15) is 9.59 Å². The number of nitrogens with one attached hydrogen (secondary N) is 1. The second kappa shape index (κ2) is 10.9. The molecule has 0 saturated carbocycles. The second-order valence-corrected chi connectivity index (χ2v) is 7.60. The third kappa shape index (κ3) is 7.16. The van der Waals surface area contributed by atoms with Crippen LogP contribution in [0.5, 0.6) is 0 Å². The van der Waals surface area contributed by atoms with Gasteiger partial charge in [-0.2, -0.15) is 0 Å². The van der Waals surface area contributed by atoms with Crippen molar-refractivity contribution in [2.24, 2.45) is 0 Å². The monoisotopic (exact) mass is 421 g/mol. The molecule has 29 heavy (non-hydrogen) atoms. The number of halogens is 1. The van der Waals surface area contributed by atoms with Crippen molar-refractivity contribution in [1.29, 1.82) is 0 Å². The number of hydrogen-bond donors (Lipinski definition) is 1. The van der Waals surface area contributed by atoms with Crippen LogP contribution in [0.3, 0.4) is 0 Å². The van der Waals surface area contributed by atoms with Gasteiger partial charge in [0.1, 0.15) is 6.26 Å². The molecule has 0 fully saturated rings. The van der Waals surface area contributed by atoms with E-state index in [1.54, 1.807) is 29.2 Å². The van der Waals surface area contributed by atoms with Gasteiger partial charge in [0, 0.05) is 26.2 Å². The number of oxazole rings is 1. The second-order valence-electron chi connectivity index (χ2n) is 7.20. The van der Waals surface area contributed by atoms with Gasteiger partial charge in [0.25, 0.3) is 11.8 Å². The molecule has 0 unspecified atom stereocenters. The average Bonchev–Trinajstić information content (AvgIpc) is 3.13. The van der Waals surface area contributed by atoms with Crippen LogP contribution in [0, 0.1) is 0 Å². The fraction of sp³-hybridized carbons (Fsp3) is 0.450. The number of carbonyl (C=O) groups excluding carboxylic acids is 2. The van der Waals surface area contributed by atoms with E-state index in [1.165, 1.54) is 6.26 Å². The number of amides is 2.